The number of methoxy groups -OCH3 is 1. The molecule has 2 N–H and O–H groups in total. The summed E-state index contributed by atoms with van der Waals surface area (Å²) in [5.41, 5.74) is 9.63. The highest BCUT2D eigenvalue weighted by Crippen LogP contribution is 2.22. The van der Waals surface area contributed by atoms with Crippen LogP contribution in [0.4, 0.5) is 5.82 Å². The normalized spacial score (nSPS) is 10.8. The molecule has 0 bridgehead atoms. The quantitative estimate of drug-likeness (QED) is 0.727. The van der Waals surface area contributed by atoms with Crippen LogP contribution < -0.4 is 5.73 Å². The molecule has 2 heterocycles. The van der Waals surface area contributed by atoms with Crippen molar-refractivity contribution in [2.75, 3.05) is 12.8 Å². The lowest BCUT2D eigenvalue weighted by Gasteiger charge is -2.04. The van der Waals surface area contributed by atoms with Gasteiger partial charge in [-0.05, 0) is 6.92 Å². The van der Waals surface area contributed by atoms with Gasteiger partial charge in [-0.25, -0.2) is 9.78 Å². The summed E-state index contributed by atoms with van der Waals surface area (Å²) in [7, 11) is 1.30. The summed E-state index contributed by atoms with van der Waals surface area (Å²) in [6.45, 7) is 2.02. The van der Waals surface area contributed by atoms with Crippen LogP contribution >= 0.6 is 0 Å². The number of hydrogen-bond acceptors (Lipinski definition) is 5. The maximum absolute atomic E-state index is 11.6. The summed E-state index contributed by atoms with van der Waals surface area (Å²) in [4.78, 5) is 15.8. The molecule has 0 amide bonds. The maximum Gasteiger partial charge on any atom is 0.343 e. The van der Waals surface area contributed by atoms with Gasteiger partial charge in [0.05, 0.1) is 12.8 Å². The van der Waals surface area contributed by atoms with Gasteiger partial charge in [-0.2, -0.15) is 9.61 Å². The second-order valence-corrected chi connectivity index (χ2v) is 4.71. The second kappa shape index (κ2) is 4.90. The Morgan fingerprint density at radius 1 is 1.29 bits per heavy atom. The van der Waals surface area contributed by atoms with Crippen molar-refractivity contribution in [3.8, 4) is 11.3 Å². The van der Waals surface area contributed by atoms with Crippen molar-refractivity contribution < 1.29 is 9.53 Å². The molecule has 1 aromatic carbocycles. The molecule has 21 heavy (non-hydrogen) atoms. The van der Waals surface area contributed by atoms with E-state index >= 15 is 0 Å². The first-order valence-corrected chi connectivity index (χ1v) is 6.40. The summed E-state index contributed by atoms with van der Waals surface area (Å²) in [5, 5.41) is 4.41. The Labute approximate surface area is 121 Å². The fourth-order valence-corrected chi connectivity index (χ4v) is 2.08. The van der Waals surface area contributed by atoms with Gasteiger partial charge in [-0.1, -0.05) is 29.8 Å². The SMILES string of the molecule is COC(=O)c1cnc2cc(-c3ccc(C)cc3)nn2c1N. The smallest absolute Gasteiger partial charge is 0.343 e. The number of carbonyl (C=O) groups excluding carboxylic acids is 1. The van der Waals surface area contributed by atoms with Crippen molar-refractivity contribution >= 4 is 17.4 Å². The molecule has 0 atom stereocenters. The van der Waals surface area contributed by atoms with Crippen molar-refractivity contribution in [3.05, 3.63) is 47.7 Å². The molecule has 0 spiro atoms. The van der Waals surface area contributed by atoms with E-state index in [9.17, 15) is 4.79 Å². The Kier molecular flexibility index (Phi) is 3.06. The zero-order chi connectivity index (χ0) is 15.0. The third-order valence-electron chi connectivity index (χ3n) is 3.27. The van der Waals surface area contributed by atoms with Gasteiger partial charge in [0, 0.05) is 17.8 Å². The van der Waals surface area contributed by atoms with Gasteiger partial charge in [0.25, 0.3) is 0 Å². The molecule has 0 fully saturated rings. The molecule has 2 aromatic heterocycles. The van der Waals surface area contributed by atoms with E-state index in [2.05, 4.69) is 14.8 Å². The van der Waals surface area contributed by atoms with Gasteiger partial charge >= 0.3 is 5.97 Å². The van der Waals surface area contributed by atoms with Crippen LogP contribution in [0.15, 0.2) is 36.5 Å². The number of nitrogens with two attached hydrogens (primary N) is 1. The second-order valence-electron chi connectivity index (χ2n) is 4.71. The van der Waals surface area contributed by atoms with E-state index in [-0.39, 0.29) is 11.4 Å². The van der Waals surface area contributed by atoms with Crippen molar-refractivity contribution in [1.29, 1.82) is 0 Å². The number of hydrogen-bond donors (Lipinski definition) is 1. The predicted molar refractivity (Wildman–Crippen MR) is 78.9 cm³/mol. The number of aromatic nitrogens is 3. The Hall–Kier alpha value is -2.89. The topological polar surface area (TPSA) is 82.5 Å². The fraction of sp³-hybridized carbons (Fsp3) is 0.133. The number of esters is 1. The van der Waals surface area contributed by atoms with Crippen molar-refractivity contribution in [3.63, 3.8) is 0 Å². The fourth-order valence-electron chi connectivity index (χ4n) is 2.08. The lowest BCUT2D eigenvalue weighted by molar-refractivity contribution is 0.0601. The first kappa shape index (κ1) is 13.1. The number of ether oxygens (including phenoxy) is 1. The molecule has 3 aromatic rings. The molecule has 0 saturated heterocycles. The van der Waals surface area contributed by atoms with Gasteiger partial charge in [0.2, 0.25) is 0 Å². The van der Waals surface area contributed by atoms with Crippen LogP contribution in [0.25, 0.3) is 16.9 Å². The number of carbonyl (C=O) groups is 1. The molecule has 0 saturated carbocycles. The average molecular weight is 282 g/mol. The highest BCUT2D eigenvalue weighted by atomic mass is 16.5. The van der Waals surface area contributed by atoms with Crippen LogP contribution in [-0.2, 0) is 4.74 Å². The van der Waals surface area contributed by atoms with Crippen molar-refractivity contribution in [2.45, 2.75) is 6.92 Å². The molecule has 0 aliphatic heterocycles. The van der Waals surface area contributed by atoms with E-state index in [1.165, 1.54) is 23.4 Å². The van der Waals surface area contributed by atoms with Gasteiger partial charge in [-0.15, -0.1) is 0 Å². The first-order chi connectivity index (χ1) is 10.1. The Morgan fingerprint density at radius 3 is 2.67 bits per heavy atom. The molecule has 6 heteroatoms. The third kappa shape index (κ3) is 2.20. The van der Waals surface area contributed by atoms with Gasteiger partial charge in [0.15, 0.2) is 5.65 Å². The largest absolute Gasteiger partial charge is 0.465 e. The monoisotopic (exact) mass is 282 g/mol. The van der Waals surface area contributed by atoms with E-state index in [1.807, 2.05) is 37.3 Å². The molecule has 0 aliphatic carbocycles. The summed E-state index contributed by atoms with van der Waals surface area (Å²) in [6, 6.07) is 9.80. The number of aryl methyl sites for hydroxylation is 1. The summed E-state index contributed by atoms with van der Waals surface area (Å²) >= 11 is 0. The molecule has 0 radical (unpaired) electrons. The number of nitrogens with zero attached hydrogens (tertiary/aromatic N) is 3. The van der Waals surface area contributed by atoms with E-state index in [4.69, 9.17) is 5.73 Å². The van der Waals surface area contributed by atoms with E-state index in [0.29, 0.717) is 5.65 Å². The highest BCUT2D eigenvalue weighted by Gasteiger charge is 2.15. The molecule has 0 unspecified atom stereocenters. The maximum atomic E-state index is 11.6. The van der Waals surface area contributed by atoms with Crippen LogP contribution in [0.3, 0.4) is 0 Å². The molecule has 3 rings (SSSR count). The predicted octanol–water partition coefficient (Wildman–Crippen LogP) is 2.07. The van der Waals surface area contributed by atoms with E-state index in [1.54, 1.807) is 0 Å². The molecular weight excluding hydrogens is 268 g/mol. The lowest BCUT2D eigenvalue weighted by Crippen LogP contribution is -2.11. The molecular formula is C15H14N4O2. The van der Waals surface area contributed by atoms with Crippen molar-refractivity contribution in [1.82, 2.24) is 14.6 Å². The number of nitrogen functional groups attached to an aromatic ring is 1. The summed E-state index contributed by atoms with van der Waals surface area (Å²) in [6.07, 6.45) is 1.40. The number of benzene rings is 1. The number of anilines is 1. The van der Waals surface area contributed by atoms with Crippen molar-refractivity contribution in [2.24, 2.45) is 0 Å². The average Bonchev–Trinajstić information content (AvgIpc) is 2.92. The highest BCUT2D eigenvalue weighted by molar-refractivity contribution is 5.94. The van der Waals surface area contributed by atoms with Crippen LogP contribution in [0, 0.1) is 6.92 Å². The van der Waals surface area contributed by atoms with Crippen LogP contribution in [0.5, 0.6) is 0 Å². The van der Waals surface area contributed by atoms with E-state index < -0.39 is 5.97 Å². The first-order valence-electron chi connectivity index (χ1n) is 6.40. The summed E-state index contributed by atoms with van der Waals surface area (Å²) < 4.78 is 6.12. The molecule has 106 valence electrons. The zero-order valence-electron chi connectivity index (χ0n) is 11.7. The minimum Gasteiger partial charge on any atom is -0.465 e. The van der Waals surface area contributed by atoms with Gasteiger partial charge in [-0.3, -0.25) is 0 Å². The molecule has 0 aliphatic rings. The van der Waals surface area contributed by atoms with Crippen LogP contribution in [0.1, 0.15) is 15.9 Å². The standard InChI is InChI=1S/C15H14N4O2/c1-9-3-5-10(6-4-9)12-7-13-17-8-11(15(20)21-2)14(16)19(13)18-12/h3-8H,16H2,1-2H3. The number of rotatable bonds is 2. The van der Waals surface area contributed by atoms with Gasteiger partial charge in [0.1, 0.15) is 11.4 Å². The Balaban J connectivity index is 2.14. The van der Waals surface area contributed by atoms with E-state index in [0.717, 1.165) is 11.3 Å². The molecule has 6 nitrogen and oxygen atoms in total. The lowest BCUT2D eigenvalue weighted by atomic mass is 10.1. The minimum absolute atomic E-state index is 0.198. The summed E-state index contributed by atoms with van der Waals surface area (Å²) in [5.74, 6) is -0.320. The number of fused-ring (bicyclic) bond motifs is 1. The Morgan fingerprint density at radius 2 is 2.00 bits per heavy atom. The van der Waals surface area contributed by atoms with Crippen LogP contribution in [0.2, 0.25) is 0 Å². The minimum atomic E-state index is -0.533. The van der Waals surface area contributed by atoms with Gasteiger partial charge < -0.3 is 10.5 Å². The Bertz CT molecular complexity index is 822. The van der Waals surface area contributed by atoms with Crippen LogP contribution in [-0.4, -0.2) is 27.7 Å². The third-order valence-corrected chi connectivity index (χ3v) is 3.27. The zero-order valence-corrected chi connectivity index (χ0v) is 11.7.